The van der Waals surface area contributed by atoms with Crippen LogP contribution in [-0.4, -0.2) is 36.0 Å². The predicted octanol–water partition coefficient (Wildman–Crippen LogP) is 2.80. The molecule has 0 amide bonds. The lowest BCUT2D eigenvalue weighted by Crippen LogP contribution is -2.22. The minimum absolute atomic E-state index is 0.183. The van der Waals surface area contributed by atoms with Crippen LogP contribution < -0.4 is 5.32 Å². The third kappa shape index (κ3) is 3.92. The van der Waals surface area contributed by atoms with Crippen LogP contribution in [-0.2, 0) is 0 Å². The molecule has 0 aliphatic carbocycles. The predicted molar refractivity (Wildman–Crippen MR) is 76.6 cm³/mol. The molecule has 0 radical (unpaired) electrons. The molecule has 2 rings (SSSR count). The second-order valence-corrected chi connectivity index (χ2v) is 5.09. The van der Waals surface area contributed by atoms with Gasteiger partial charge in [0.05, 0.1) is 4.92 Å². The first-order valence-electron chi connectivity index (χ1n) is 6.88. The van der Waals surface area contributed by atoms with E-state index >= 15 is 0 Å². The third-order valence-corrected chi connectivity index (χ3v) is 3.57. The zero-order valence-corrected chi connectivity index (χ0v) is 11.4. The van der Waals surface area contributed by atoms with Crippen molar-refractivity contribution < 1.29 is 4.92 Å². The SMILES string of the molecule is Cc1cc(NCCCN2CCCC2)ccc1[N+](=O)[O-]. The van der Waals surface area contributed by atoms with E-state index in [4.69, 9.17) is 0 Å². The fourth-order valence-electron chi connectivity index (χ4n) is 2.51. The van der Waals surface area contributed by atoms with Crippen LogP contribution in [0.1, 0.15) is 24.8 Å². The second kappa shape index (κ2) is 6.52. The highest BCUT2D eigenvalue weighted by Crippen LogP contribution is 2.21. The molecule has 0 bridgehead atoms. The van der Waals surface area contributed by atoms with Gasteiger partial charge in [-0.2, -0.15) is 0 Å². The molecule has 1 aromatic rings. The summed E-state index contributed by atoms with van der Waals surface area (Å²) >= 11 is 0. The van der Waals surface area contributed by atoms with Gasteiger partial charge in [-0.3, -0.25) is 10.1 Å². The molecule has 0 spiro atoms. The van der Waals surface area contributed by atoms with Crippen molar-refractivity contribution >= 4 is 11.4 Å². The van der Waals surface area contributed by atoms with Crippen molar-refractivity contribution in [2.45, 2.75) is 26.2 Å². The number of nitrogens with zero attached hydrogens (tertiary/aromatic N) is 2. The van der Waals surface area contributed by atoms with Crippen LogP contribution in [0, 0.1) is 17.0 Å². The van der Waals surface area contributed by atoms with Gasteiger partial charge in [0.15, 0.2) is 0 Å². The molecule has 1 heterocycles. The average Bonchev–Trinajstić information content (AvgIpc) is 2.87. The summed E-state index contributed by atoms with van der Waals surface area (Å²) in [6.07, 6.45) is 3.76. The Hall–Kier alpha value is -1.62. The molecule has 1 aliphatic heterocycles. The lowest BCUT2D eigenvalue weighted by molar-refractivity contribution is -0.385. The Morgan fingerprint density at radius 3 is 2.74 bits per heavy atom. The van der Waals surface area contributed by atoms with E-state index < -0.39 is 0 Å². The number of hydrogen-bond acceptors (Lipinski definition) is 4. The monoisotopic (exact) mass is 263 g/mol. The number of rotatable bonds is 6. The van der Waals surface area contributed by atoms with Gasteiger partial charge in [-0.05, 0) is 58.0 Å². The molecular formula is C14H21N3O2. The van der Waals surface area contributed by atoms with Crippen molar-refractivity contribution in [2.24, 2.45) is 0 Å². The molecular weight excluding hydrogens is 242 g/mol. The molecule has 104 valence electrons. The first-order valence-corrected chi connectivity index (χ1v) is 6.88. The first kappa shape index (κ1) is 13.8. The Bertz CT molecular complexity index is 442. The number of likely N-dealkylation sites (tertiary alicyclic amines) is 1. The quantitative estimate of drug-likeness (QED) is 0.487. The zero-order valence-electron chi connectivity index (χ0n) is 11.4. The van der Waals surface area contributed by atoms with E-state index in [1.807, 2.05) is 6.07 Å². The summed E-state index contributed by atoms with van der Waals surface area (Å²) in [5, 5.41) is 14.0. The third-order valence-electron chi connectivity index (χ3n) is 3.57. The van der Waals surface area contributed by atoms with Crippen LogP contribution in [0.3, 0.4) is 0 Å². The Kier molecular flexibility index (Phi) is 4.74. The number of nitro groups is 1. The van der Waals surface area contributed by atoms with Gasteiger partial charge >= 0.3 is 0 Å². The summed E-state index contributed by atoms with van der Waals surface area (Å²) < 4.78 is 0. The maximum absolute atomic E-state index is 10.7. The summed E-state index contributed by atoms with van der Waals surface area (Å²) in [6, 6.07) is 5.19. The molecule has 0 aromatic heterocycles. The molecule has 1 N–H and O–H groups in total. The lowest BCUT2D eigenvalue weighted by atomic mass is 10.2. The van der Waals surface area contributed by atoms with Crippen LogP contribution in [0.2, 0.25) is 0 Å². The average molecular weight is 263 g/mol. The van der Waals surface area contributed by atoms with Gasteiger partial charge in [-0.1, -0.05) is 0 Å². The standard InChI is InChI=1S/C14H21N3O2/c1-12-11-13(5-6-14(12)17(18)19)15-7-4-10-16-8-2-3-9-16/h5-6,11,15H,2-4,7-10H2,1H3. The molecule has 1 aliphatic rings. The van der Waals surface area contributed by atoms with Crippen molar-refractivity contribution in [1.82, 2.24) is 4.90 Å². The highest BCUT2D eigenvalue weighted by molar-refractivity contribution is 5.53. The van der Waals surface area contributed by atoms with Gasteiger partial charge < -0.3 is 10.2 Å². The van der Waals surface area contributed by atoms with Gasteiger partial charge in [0.25, 0.3) is 5.69 Å². The Morgan fingerprint density at radius 1 is 1.37 bits per heavy atom. The summed E-state index contributed by atoms with van der Waals surface area (Å²) in [7, 11) is 0. The largest absolute Gasteiger partial charge is 0.385 e. The maximum atomic E-state index is 10.7. The van der Waals surface area contributed by atoms with E-state index in [0.29, 0.717) is 5.56 Å². The Morgan fingerprint density at radius 2 is 2.11 bits per heavy atom. The second-order valence-electron chi connectivity index (χ2n) is 5.09. The van der Waals surface area contributed by atoms with Crippen LogP contribution in [0.4, 0.5) is 11.4 Å². The number of anilines is 1. The molecule has 0 atom stereocenters. The molecule has 5 nitrogen and oxygen atoms in total. The number of hydrogen-bond donors (Lipinski definition) is 1. The summed E-state index contributed by atoms with van der Waals surface area (Å²) in [6.45, 7) is 6.29. The highest BCUT2D eigenvalue weighted by Gasteiger charge is 2.11. The Labute approximate surface area is 113 Å². The molecule has 1 aromatic carbocycles. The fourth-order valence-corrected chi connectivity index (χ4v) is 2.51. The number of aryl methyl sites for hydroxylation is 1. The molecule has 5 heteroatoms. The van der Waals surface area contributed by atoms with E-state index in [-0.39, 0.29) is 10.6 Å². The van der Waals surface area contributed by atoms with Crippen LogP contribution in [0.15, 0.2) is 18.2 Å². The van der Waals surface area contributed by atoms with E-state index in [1.165, 1.54) is 25.9 Å². The zero-order chi connectivity index (χ0) is 13.7. The van der Waals surface area contributed by atoms with Crippen molar-refractivity contribution in [3.63, 3.8) is 0 Å². The number of benzene rings is 1. The number of nitrogens with one attached hydrogen (secondary N) is 1. The smallest absolute Gasteiger partial charge is 0.272 e. The fraction of sp³-hybridized carbons (Fsp3) is 0.571. The van der Waals surface area contributed by atoms with Gasteiger partial charge in [0.2, 0.25) is 0 Å². The lowest BCUT2D eigenvalue weighted by Gasteiger charge is -2.14. The normalized spacial score (nSPS) is 15.6. The van der Waals surface area contributed by atoms with E-state index in [1.54, 1.807) is 19.1 Å². The van der Waals surface area contributed by atoms with Crippen LogP contribution in [0.25, 0.3) is 0 Å². The van der Waals surface area contributed by atoms with Gasteiger partial charge in [0, 0.05) is 23.9 Å². The van der Waals surface area contributed by atoms with Crippen LogP contribution in [0.5, 0.6) is 0 Å². The highest BCUT2D eigenvalue weighted by atomic mass is 16.6. The summed E-state index contributed by atoms with van der Waals surface area (Å²) in [5.74, 6) is 0. The molecule has 1 fully saturated rings. The molecule has 19 heavy (non-hydrogen) atoms. The van der Waals surface area contributed by atoms with Crippen molar-refractivity contribution in [1.29, 1.82) is 0 Å². The summed E-state index contributed by atoms with van der Waals surface area (Å²) in [5.41, 5.74) is 1.85. The van der Waals surface area contributed by atoms with Crippen molar-refractivity contribution in [3.05, 3.63) is 33.9 Å². The van der Waals surface area contributed by atoms with E-state index in [0.717, 1.165) is 25.2 Å². The minimum Gasteiger partial charge on any atom is -0.385 e. The first-order chi connectivity index (χ1) is 9.16. The Balaban J connectivity index is 1.76. The van der Waals surface area contributed by atoms with E-state index in [2.05, 4.69) is 10.2 Å². The van der Waals surface area contributed by atoms with Crippen LogP contribution >= 0.6 is 0 Å². The van der Waals surface area contributed by atoms with Gasteiger partial charge in [-0.25, -0.2) is 0 Å². The van der Waals surface area contributed by atoms with Crippen molar-refractivity contribution in [3.8, 4) is 0 Å². The van der Waals surface area contributed by atoms with Crippen molar-refractivity contribution in [2.75, 3.05) is 31.5 Å². The maximum Gasteiger partial charge on any atom is 0.272 e. The van der Waals surface area contributed by atoms with Gasteiger partial charge in [-0.15, -0.1) is 0 Å². The molecule has 1 saturated heterocycles. The minimum atomic E-state index is -0.341. The summed E-state index contributed by atoms with van der Waals surface area (Å²) in [4.78, 5) is 12.9. The molecule has 0 unspecified atom stereocenters. The van der Waals surface area contributed by atoms with Gasteiger partial charge in [0.1, 0.15) is 0 Å². The number of nitro benzene ring substituents is 1. The molecule has 0 saturated carbocycles. The van der Waals surface area contributed by atoms with E-state index in [9.17, 15) is 10.1 Å². The topological polar surface area (TPSA) is 58.4 Å².